The molecule has 11 heavy (non-hydrogen) atoms. The molecule has 0 aliphatic heterocycles. The molecule has 0 atom stereocenters. The Bertz CT molecular complexity index is 62.7. The van der Waals surface area contributed by atoms with Crippen LogP contribution >= 0.6 is 35.6 Å². The van der Waals surface area contributed by atoms with Crippen LogP contribution in [0.4, 0.5) is 0 Å². The van der Waals surface area contributed by atoms with Crippen LogP contribution in [0.3, 0.4) is 0 Å². The minimum Gasteiger partial charge on any atom is -0.306 e. The van der Waals surface area contributed by atoms with Crippen molar-refractivity contribution in [3.8, 4) is 0 Å². The molecule has 0 bridgehead atoms. The van der Waals surface area contributed by atoms with E-state index < -0.39 is 0 Å². The lowest BCUT2D eigenvalue weighted by Crippen LogP contribution is -2.21. The summed E-state index contributed by atoms with van der Waals surface area (Å²) >= 11 is 11.1. The fourth-order valence-electron chi connectivity index (χ4n) is 0.771. The van der Waals surface area contributed by atoms with Crippen LogP contribution in [0.15, 0.2) is 0 Å². The maximum Gasteiger partial charge on any atom is 0.0235 e. The molecule has 0 aromatic rings. The van der Waals surface area contributed by atoms with Crippen molar-refractivity contribution >= 4 is 35.6 Å². The lowest BCUT2D eigenvalue weighted by atomic mass is 10.4. The maximum atomic E-state index is 5.53. The second-order valence-electron chi connectivity index (χ2n) is 2.39. The van der Waals surface area contributed by atoms with E-state index >= 15 is 0 Å². The topological polar surface area (TPSA) is 3.24 Å². The molecule has 4 heteroatoms. The summed E-state index contributed by atoms with van der Waals surface area (Å²) in [6.45, 7) is 2.17. The van der Waals surface area contributed by atoms with Gasteiger partial charge in [-0.3, -0.25) is 0 Å². The predicted molar refractivity (Wildman–Crippen MR) is 55.4 cm³/mol. The standard InChI is InChI=1S/C7H15Cl2N.ClH/c1-10(6-2-4-8)7-3-5-9;/h2-7H2,1H3;1H. The second-order valence-corrected chi connectivity index (χ2v) is 3.14. The third-order valence-corrected chi connectivity index (χ3v) is 1.88. The molecular weight excluding hydrogens is 204 g/mol. The number of hydrogen-bond acceptors (Lipinski definition) is 1. The largest absolute Gasteiger partial charge is 0.306 e. The van der Waals surface area contributed by atoms with Crippen LogP contribution < -0.4 is 0 Å². The summed E-state index contributed by atoms with van der Waals surface area (Å²) in [6, 6.07) is 0. The van der Waals surface area contributed by atoms with Crippen LogP contribution in [-0.4, -0.2) is 36.8 Å². The molecule has 0 aliphatic rings. The molecule has 0 fully saturated rings. The zero-order valence-electron chi connectivity index (χ0n) is 6.85. The van der Waals surface area contributed by atoms with E-state index in [0.717, 1.165) is 37.7 Å². The maximum absolute atomic E-state index is 5.53. The molecule has 0 spiro atoms. The summed E-state index contributed by atoms with van der Waals surface area (Å²) in [7, 11) is 2.10. The van der Waals surface area contributed by atoms with Crippen molar-refractivity contribution in [1.29, 1.82) is 0 Å². The van der Waals surface area contributed by atoms with E-state index in [1.54, 1.807) is 0 Å². The highest BCUT2D eigenvalue weighted by atomic mass is 35.5. The van der Waals surface area contributed by atoms with Gasteiger partial charge in [0.2, 0.25) is 0 Å². The van der Waals surface area contributed by atoms with Crippen LogP contribution in [0.2, 0.25) is 0 Å². The Morgan fingerprint density at radius 3 is 1.64 bits per heavy atom. The summed E-state index contributed by atoms with van der Waals surface area (Å²) in [5.74, 6) is 1.51. The van der Waals surface area contributed by atoms with E-state index in [4.69, 9.17) is 23.2 Å². The van der Waals surface area contributed by atoms with Gasteiger partial charge in [0.05, 0.1) is 0 Å². The lowest BCUT2D eigenvalue weighted by Gasteiger charge is -2.14. The van der Waals surface area contributed by atoms with E-state index in [1.165, 1.54) is 0 Å². The Hall–Kier alpha value is 0.830. The molecule has 0 heterocycles. The van der Waals surface area contributed by atoms with E-state index in [9.17, 15) is 0 Å². The van der Waals surface area contributed by atoms with Crippen molar-refractivity contribution in [3.05, 3.63) is 0 Å². The molecule has 0 amide bonds. The van der Waals surface area contributed by atoms with Gasteiger partial charge in [0.25, 0.3) is 0 Å². The Kier molecular flexibility index (Phi) is 14.1. The number of alkyl halides is 2. The van der Waals surface area contributed by atoms with Gasteiger partial charge in [-0.15, -0.1) is 35.6 Å². The van der Waals surface area contributed by atoms with Crippen LogP contribution in [0.1, 0.15) is 12.8 Å². The normalized spacial score (nSPS) is 9.82. The molecule has 0 aliphatic carbocycles. The predicted octanol–water partition coefficient (Wildman–Crippen LogP) is 2.60. The smallest absolute Gasteiger partial charge is 0.0235 e. The highest BCUT2D eigenvalue weighted by molar-refractivity contribution is 6.18. The molecule has 0 N–H and O–H groups in total. The summed E-state index contributed by atoms with van der Waals surface area (Å²) < 4.78 is 0. The van der Waals surface area contributed by atoms with Crippen molar-refractivity contribution < 1.29 is 0 Å². The highest BCUT2D eigenvalue weighted by Gasteiger charge is 1.95. The Morgan fingerprint density at radius 2 is 1.36 bits per heavy atom. The van der Waals surface area contributed by atoms with Crippen molar-refractivity contribution in [1.82, 2.24) is 4.90 Å². The molecule has 0 saturated heterocycles. The molecule has 0 aromatic carbocycles. The number of hydrogen-bond donors (Lipinski definition) is 0. The molecule has 0 rings (SSSR count). The highest BCUT2D eigenvalue weighted by Crippen LogP contribution is 1.93. The van der Waals surface area contributed by atoms with E-state index in [-0.39, 0.29) is 12.4 Å². The quantitative estimate of drug-likeness (QED) is 0.622. The minimum absolute atomic E-state index is 0. The average molecular weight is 221 g/mol. The van der Waals surface area contributed by atoms with Gasteiger partial charge >= 0.3 is 0 Å². The monoisotopic (exact) mass is 219 g/mol. The second kappa shape index (κ2) is 10.8. The van der Waals surface area contributed by atoms with E-state index in [1.807, 2.05) is 0 Å². The first-order chi connectivity index (χ1) is 4.81. The molecule has 70 valence electrons. The number of nitrogens with zero attached hydrogens (tertiary/aromatic N) is 1. The summed E-state index contributed by atoms with van der Waals surface area (Å²) in [5, 5.41) is 0. The lowest BCUT2D eigenvalue weighted by molar-refractivity contribution is 0.337. The Balaban J connectivity index is 0. The van der Waals surface area contributed by atoms with Gasteiger partial charge in [-0.05, 0) is 33.0 Å². The van der Waals surface area contributed by atoms with Crippen molar-refractivity contribution in [3.63, 3.8) is 0 Å². The molecule has 0 unspecified atom stereocenters. The summed E-state index contributed by atoms with van der Waals surface area (Å²) in [4.78, 5) is 2.25. The van der Waals surface area contributed by atoms with E-state index in [2.05, 4.69) is 11.9 Å². The fraction of sp³-hybridized carbons (Fsp3) is 1.00. The zero-order valence-corrected chi connectivity index (χ0v) is 9.18. The molecule has 0 radical (unpaired) electrons. The molecular formula is C7H16Cl3N. The zero-order chi connectivity index (χ0) is 7.82. The summed E-state index contributed by atoms with van der Waals surface area (Å²) in [5.41, 5.74) is 0. The van der Waals surface area contributed by atoms with Crippen molar-refractivity contribution in [2.24, 2.45) is 0 Å². The number of rotatable bonds is 6. The van der Waals surface area contributed by atoms with Gasteiger partial charge in [0.15, 0.2) is 0 Å². The van der Waals surface area contributed by atoms with E-state index in [0.29, 0.717) is 0 Å². The molecule has 1 nitrogen and oxygen atoms in total. The van der Waals surface area contributed by atoms with Crippen LogP contribution in [0.25, 0.3) is 0 Å². The third kappa shape index (κ3) is 10.8. The molecule has 0 saturated carbocycles. The van der Waals surface area contributed by atoms with Gasteiger partial charge < -0.3 is 4.90 Å². The Morgan fingerprint density at radius 1 is 1.00 bits per heavy atom. The van der Waals surface area contributed by atoms with Gasteiger partial charge in [-0.2, -0.15) is 0 Å². The number of halogens is 3. The van der Waals surface area contributed by atoms with Gasteiger partial charge in [-0.25, -0.2) is 0 Å². The Labute approximate surface area is 85.4 Å². The fourth-order valence-corrected chi connectivity index (χ4v) is 1.01. The third-order valence-electron chi connectivity index (χ3n) is 1.35. The first kappa shape index (κ1) is 14.4. The molecule has 0 aromatic heterocycles. The first-order valence-electron chi connectivity index (χ1n) is 3.61. The van der Waals surface area contributed by atoms with Crippen molar-refractivity contribution in [2.75, 3.05) is 31.9 Å². The average Bonchev–Trinajstić information content (AvgIpc) is 1.97. The summed E-state index contributed by atoms with van der Waals surface area (Å²) in [6.07, 6.45) is 2.14. The van der Waals surface area contributed by atoms with Gasteiger partial charge in [0, 0.05) is 11.8 Å². The minimum atomic E-state index is 0. The van der Waals surface area contributed by atoms with Crippen LogP contribution in [0, 0.1) is 0 Å². The van der Waals surface area contributed by atoms with Gasteiger partial charge in [0.1, 0.15) is 0 Å². The van der Waals surface area contributed by atoms with Crippen LogP contribution in [-0.2, 0) is 0 Å². The SMILES string of the molecule is CN(CCCCl)CCCCl.Cl. The van der Waals surface area contributed by atoms with Crippen LogP contribution in [0.5, 0.6) is 0 Å². The van der Waals surface area contributed by atoms with Crippen molar-refractivity contribution in [2.45, 2.75) is 12.8 Å². The van der Waals surface area contributed by atoms with Gasteiger partial charge in [-0.1, -0.05) is 0 Å². The first-order valence-corrected chi connectivity index (χ1v) is 4.68.